The van der Waals surface area contributed by atoms with Crippen molar-refractivity contribution in [2.45, 2.75) is 52.6 Å². The zero-order chi connectivity index (χ0) is 29.4. The number of hydrogen-bond acceptors (Lipinski definition) is 6. The molecule has 7 nitrogen and oxygen atoms in total. The smallest absolute Gasteiger partial charge is 0.253 e. The van der Waals surface area contributed by atoms with Crippen LogP contribution < -0.4 is 5.73 Å². The second kappa shape index (κ2) is 14.4. The standard InChI is InChI=1S/C31H41N5O2.C2H6/c1-21(18-28-22(2)33-15-12-26(28)27-10-11-30(32)35(5)29(27)20-37)19-36-16-13-24(14-17-36)23-6-8-25(9-7-23)31(38)34(3)4;1-2/h6-12,15,18,24,30,37H,13-14,16-17,19-20,32H2,1-5H3;1-2H3/b21-18+;. The van der Waals surface area contributed by atoms with Gasteiger partial charge in [-0.15, -0.1) is 0 Å². The summed E-state index contributed by atoms with van der Waals surface area (Å²) in [5, 5.41) is 10.1. The van der Waals surface area contributed by atoms with Crippen molar-refractivity contribution in [3.8, 4) is 0 Å². The highest BCUT2D eigenvalue weighted by atomic mass is 16.3. The number of nitrogens with two attached hydrogens (primary N) is 1. The van der Waals surface area contributed by atoms with Crippen LogP contribution in [0.5, 0.6) is 0 Å². The second-order valence-corrected chi connectivity index (χ2v) is 10.7. The van der Waals surface area contributed by atoms with E-state index >= 15 is 0 Å². The molecule has 1 atom stereocenters. The molecule has 0 bridgehead atoms. The van der Waals surface area contributed by atoms with Gasteiger partial charge in [-0.05, 0) is 81.1 Å². The molecule has 3 heterocycles. The van der Waals surface area contributed by atoms with Crippen molar-refractivity contribution in [2.75, 3.05) is 47.4 Å². The van der Waals surface area contributed by atoms with Crippen molar-refractivity contribution in [3.63, 3.8) is 0 Å². The van der Waals surface area contributed by atoms with Crippen LogP contribution in [-0.4, -0.2) is 84.2 Å². The minimum Gasteiger partial charge on any atom is -0.390 e. The van der Waals surface area contributed by atoms with Crippen molar-refractivity contribution in [2.24, 2.45) is 5.73 Å². The summed E-state index contributed by atoms with van der Waals surface area (Å²) in [6.07, 6.45) is 10.0. The van der Waals surface area contributed by atoms with E-state index in [1.807, 2.05) is 69.3 Å². The van der Waals surface area contributed by atoms with E-state index in [-0.39, 0.29) is 18.7 Å². The zero-order valence-corrected chi connectivity index (χ0v) is 25.3. The molecule has 4 rings (SSSR count). The van der Waals surface area contributed by atoms with Crippen molar-refractivity contribution >= 4 is 17.6 Å². The summed E-state index contributed by atoms with van der Waals surface area (Å²) >= 11 is 0. The summed E-state index contributed by atoms with van der Waals surface area (Å²) in [4.78, 5) is 22.8. The molecule has 216 valence electrons. The number of hydrogen-bond donors (Lipinski definition) is 2. The number of pyridine rings is 1. The number of carbonyl (C=O) groups excluding carboxylic acids is 1. The topological polar surface area (TPSA) is 85.9 Å². The lowest BCUT2D eigenvalue weighted by Gasteiger charge is -2.33. The minimum absolute atomic E-state index is 0.0413. The van der Waals surface area contributed by atoms with Crippen LogP contribution >= 0.6 is 0 Å². The Kier molecular flexibility index (Phi) is 11.3. The number of likely N-dealkylation sites (tertiary alicyclic amines) is 1. The average Bonchev–Trinajstić information content (AvgIpc) is 2.96. The summed E-state index contributed by atoms with van der Waals surface area (Å²) in [5.41, 5.74) is 14.4. The van der Waals surface area contributed by atoms with Crippen LogP contribution in [0.15, 0.2) is 60.0 Å². The highest BCUT2D eigenvalue weighted by molar-refractivity contribution is 5.93. The molecular weight excluding hydrogens is 498 g/mol. The predicted molar refractivity (Wildman–Crippen MR) is 166 cm³/mol. The van der Waals surface area contributed by atoms with Crippen molar-refractivity contribution in [1.82, 2.24) is 19.7 Å². The summed E-state index contributed by atoms with van der Waals surface area (Å²) in [6.45, 7) is 11.1. The quantitative estimate of drug-likeness (QED) is 0.515. The lowest BCUT2D eigenvalue weighted by Crippen LogP contribution is -2.40. The third-order valence-corrected chi connectivity index (χ3v) is 7.76. The van der Waals surface area contributed by atoms with Gasteiger partial charge in [0.25, 0.3) is 5.91 Å². The molecule has 2 aliphatic rings. The number of amides is 1. The van der Waals surface area contributed by atoms with E-state index in [4.69, 9.17) is 5.73 Å². The highest BCUT2D eigenvalue weighted by Gasteiger charge is 2.23. The van der Waals surface area contributed by atoms with Gasteiger partial charge in [0, 0.05) is 62.0 Å². The molecule has 2 aliphatic heterocycles. The molecule has 0 aliphatic carbocycles. The highest BCUT2D eigenvalue weighted by Crippen LogP contribution is 2.32. The first-order chi connectivity index (χ1) is 19.2. The second-order valence-electron chi connectivity index (χ2n) is 10.7. The number of aliphatic hydroxyl groups is 1. The van der Waals surface area contributed by atoms with Gasteiger partial charge in [-0.3, -0.25) is 14.7 Å². The Labute approximate surface area is 240 Å². The SMILES string of the molecule is C/C(=C\c1c(C2=C(CO)N(C)C(N)C=C2)ccnc1C)CN1CCC(c2ccc(C(=O)N(C)C)cc2)CC1.CC. The molecule has 0 saturated carbocycles. The van der Waals surface area contributed by atoms with Gasteiger partial charge in [0.15, 0.2) is 0 Å². The van der Waals surface area contributed by atoms with Crippen LogP contribution in [0, 0.1) is 6.92 Å². The lowest BCUT2D eigenvalue weighted by atomic mass is 9.88. The normalized spacial score (nSPS) is 18.5. The Balaban J connectivity index is 0.00000216. The van der Waals surface area contributed by atoms with Crippen LogP contribution in [0.25, 0.3) is 11.6 Å². The molecule has 40 heavy (non-hydrogen) atoms. The fourth-order valence-electron chi connectivity index (χ4n) is 5.45. The van der Waals surface area contributed by atoms with Gasteiger partial charge in [-0.25, -0.2) is 0 Å². The summed E-state index contributed by atoms with van der Waals surface area (Å²) < 4.78 is 0. The Morgan fingerprint density at radius 1 is 1.15 bits per heavy atom. The molecule has 1 unspecified atom stereocenters. The van der Waals surface area contributed by atoms with Crippen LogP contribution in [0.2, 0.25) is 0 Å². The number of likely N-dealkylation sites (N-methyl/N-ethyl adjacent to an activating group) is 1. The van der Waals surface area contributed by atoms with E-state index in [9.17, 15) is 9.90 Å². The van der Waals surface area contributed by atoms with Gasteiger partial charge in [0.1, 0.15) is 0 Å². The van der Waals surface area contributed by atoms with E-state index in [1.54, 1.807) is 19.0 Å². The molecular formula is C33H47N5O2. The molecule has 1 saturated heterocycles. The summed E-state index contributed by atoms with van der Waals surface area (Å²) in [5.74, 6) is 0.566. The molecule has 1 fully saturated rings. The number of rotatable bonds is 7. The van der Waals surface area contributed by atoms with Crippen molar-refractivity contribution < 1.29 is 9.90 Å². The van der Waals surface area contributed by atoms with Gasteiger partial charge in [-0.1, -0.05) is 43.7 Å². The largest absolute Gasteiger partial charge is 0.390 e. The predicted octanol–water partition coefficient (Wildman–Crippen LogP) is 4.89. The van der Waals surface area contributed by atoms with E-state index in [2.05, 4.69) is 35.0 Å². The number of piperidine rings is 1. The Morgan fingerprint density at radius 3 is 2.40 bits per heavy atom. The van der Waals surface area contributed by atoms with Crippen molar-refractivity contribution in [1.29, 1.82) is 0 Å². The zero-order valence-electron chi connectivity index (χ0n) is 25.3. The van der Waals surface area contributed by atoms with Gasteiger partial charge in [-0.2, -0.15) is 0 Å². The van der Waals surface area contributed by atoms with E-state index in [0.29, 0.717) is 5.92 Å². The minimum atomic E-state index is -0.244. The van der Waals surface area contributed by atoms with Gasteiger partial charge < -0.3 is 20.6 Å². The number of aromatic nitrogens is 1. The number of aliphatic hydroxyl groups excluding tert-OH is 1. The molecule has 0 spiro atoms. The molecule has 2 aromatic rings. The van der Waals surface area contributed by atoms with E-state index < -0.39 is 0 Å². The maximum atomic E-state index is 12.2. The molecule has 7 heteroatoms. The Bertz CT molecular complexity index is 1240. The first-order valence-electron chi connectivity index (χ1n) is 14.4. The maximum absolute atomic E-state index is 12.2. The van der Waals surface area contributed by atoms with E-state index in [1.165, 1.54) is 11.1 Å². The van der Waals surface area contributed by atoms with Gasteiger partial charge >= 0.3 is 0 Å². The fraction of sp³-hybridized carbons (Fsp3) is 0.455. The molecule has 0 radical (unpaired) electrons. The number of benzene rings is 1. The van der Waals surface area contributed by atoms with Gasteiger partial charge in [0.05, 0.1) is 12.8 Å². The summed E-state index contributed by atoms with van der Waals surface area (Å²) in [6, 6.07) is 10.2. The number of aryl methyl sites for hydroxylation is 1. The number of nitrogens with zero attached hydrogens (tertiary/aromatic N) is 4. The molecule has 3 N–H and O–H groups in total. The van der Waals surface area contributed by atoms with Crippen LogP contribution in [0.4, 0.5) is 0 Å². The number of allylic oxidation sites excluding steroid dienone is 2. The van der Waals surface area contributed by atoms with Crippen LogP contribution in [0.1, 0.15) is 72.3 Å². The Morgan fingerprint density at radius 2 is 1.80 bits per heavy atom. The monoisotopic (exact) mass is 545 g/mol. The first-order valence-corrected chi connectivity index (χ1v) is 14.4. The number of carbonyl (C=O) groups is 1. The third kappa shape index (κ3) is 7.27. The summed E-state index contributed by atoms with van der Waals surface area (Å²) in [7, 11) is 5.48. The molecule has 1 amide bonds. The first kappa shape index (κ1) is 31.3. The van der Waals surface area contributed by atoms with Crippen LogP contribution in [-0.2, 0) is 0 Å². The average molecular weight is 546 g/mol. The third-order valence-electron chi connectivity index (χ3n) is 7.76. The maximum Gasteiger partial charge on any atom is 0.253 e. The lowest BCUT2D eigenvalue weighted by molar-refractivity contribution is 0.0827. The molecule has 1 aromatic heterocycles. The van der Waals surface area contributed by atoms with Crippen molar-refractivity contribution in [3.05, 3.63) is 87.9 Å². The van der Waals surface area contributed by atoms with E-state index in [0.717, 1.165) is 66.1 Å². The fourth-order valence-corrected chi connectivity index (χ4v) is 5.45. The van der Waals surface area contributed by atoms with Crippen LogP contribution in [0.3, 0.4) is 0 Å². The van der Waals surface area contributed by atoms with Gasteiger partial charge in [0.2, 0.25) is 0 Å². The Hall–Kier alpha value is -3.26. The molecule has 1 aromatic carbocycles.